The van der Waals surface area contributed by atoms with Crippen molar-refractivity contribution in [1.82, 2.24) is 10.2 Å². The molecule has 0 atom stereocenters. The van der Waals surface area contributed by atoms with Crippen molar-refractivity contribution in [1.29, 1.82) is 0 Å². The fourth-order valence-corrected chi connectivity index (χ4v) is 3.70. The minimum atomic E-state index is -0.499. The molecule has 0 bridgehead atoms. The van der Waals surface area contributed by atoms with Gasteiger partial charge in [0.05, 0.1) is 19.8 Å². The van der Waals surface area contributed by atoms with E-state index < -0.39 is 5.79 Å². The first kappa shape index (κ1) is 18.7. The number of nitrogens with one attached hydrogen (secondary N) is 1. The summed E-state index contributed by atoms with van der Waals surface area (Å²) in [4.78, 5) is 26.5. The van der Waals surface area contributed by atoms with Crippen molar-refractivity contribution in [2.45, 2.75) is 18.6 Å². The molecule has 2 saturated heterocycles. The number of nitrogens with zero attached hydrogens (tertiary/aromatic N) is 1. The van der Waals surface area contributed by atoms with Crippen LogP contribution in [0, 0.1) is 0 Å². The van der Waals surface area contributed by atoms with E-state index in [0.717, 1.165) is 11.1 Å². The molecule has 1 spiro atoms. The number of rotatable bonds is 4. The summed E-state index contributed by atoms with van der Waals surface area (Å²) >= 11 is 0. The van der Waals surface area contributed by atoms with Crippen LogP contribution < -0.4 is 5.32 Å². The highest BCUT2D eigenvalue weighted by atomic mass is 16.7. The van der Waals surface area contributed by atoms with Crippen LogP contribution in [0.3, 0.4) is 0 Å². The predicted octanol–water partition coefficient (Wildman–Crippen LogP) is 2.45. The van der Waals surface area contributed by atoms with Crippen molar-refractivity contribution >= 4 is 11.8 Å². The second-order valence-electron chi connectivity index (χ2n) is 7.11. The molecule has 28 heavy (non-hydrogen) atoms. The van der Waals surface area contributed by atoms with E-state index in [1.807, 2.05) is 42.5 Å². The summed E-state index contributed by atoms with van der Waals surface area (Å²) < 4.78 is 11.4. The molecule has 0 aromatic heterocycles. The Bertz CT molecular complexity index is 819. The molecule has 2 aromatic rings. The van der Waals surface area contributed by atoms with E-state index in [-0.39, 0.29) is 18.4 Å². The Balaban J connectivity index is 1.28. The van der Waals surface area contributed by atoms with Gasteiger partial charge < -0.3 is 19.7 Å². The Morgan fingerprint density at radius 1 is 0.893 bits per heavy atom. The summed E-state index contributed by atoms with van der Waals surface area (Å²) in [5.41, 5.74) is 2.69. The minimum Gasteiger partial charge on any atom is -0.347 e. The smallest absolute Gasteiger partial charge is 0.251 e. The zero-order valence-corrected chi connectivity index (χ0v) is 15.7. The number of ether oxygens (including phenoxy) is 2. The van der Waals surface area contributed by atoms with Gasteiger partial charge in [-0.25, -0.2) is 0 Å². The van der Waals surface area contributed by atoms with Gasteiger partial charge in [-0.2, -0.15) is 0 Å². The van der Waals surface area contributed by atoms with E-state index in [4.69, 9.17) is 9.47 Å². The molecule has 4 rings (SSSR count). The highest BCUT2D eigenvalue weighted by Gasteiger charge is 2.40. The molecular weight excluding hydrogens is 356 g/mol. The Hall–Kier alpha value is -2.70. The van der Waals surface area contributed by atoms with Crippen LogP contribution in [0.2, 0.25) is 0 Å². The Morgan fingerprint density at radius 3 is 2.14 bits per heavy atom. The molecule has 2 heterocycles. The zero-order valence-electron chi connectivity index (χ0n) is 15.7. The number of carbonyl (C=O) groups excluding carboxylic acids is 2. The first-order valence-electron chi connectivity index (χ1n) is 9.65. The standard InChI is InChI=1S/C22H24N2O4/c25-20(24-12-10-22(11-13-24)27-14-15-28-22)16-23-21(26)19-8-6-18(7-9-19)17-4-2-1-3-5-17/h1-9H,10-16H2,(H,23,26). The third kappa shape index (κ3) is 4.08. The normalized spacial score (nSPS) is 18.2. The molecule has 0 aliphatic carbocycles. The second-order valence-corrected chi connectivity index (χ2v) is 7.11. The molecule has 2 aromatic carbocycles. The quantitative estimate of drug-likeness (QED) is 0.885. The number of benzene rings is 2. The maximum absolute atomic E-state index is 12.4. The van der Waals surface area contributed by atoms with Crippen LogP contribution in [0.1, 0.15) is 23.2 Å². The van der Waals surface area contributed by atoms with Crippen molar-refractivity contribution in [3.05, 3.63) is 60.2 Å². The molecule has 2 amide bonds. The SMILES string of the molecule is O=C(NCC(=O)N1CCC2(CC1)OCCO2)c1ccc(-c2ccccc2)cc1. The average Bonchev–Trinajstić information content (AvgIpc) is 3.21. The third-order valence-corrected chi connectivity index (χ3v) is 5.35. The molecular formula is C22H24N2O4. The lowest BCUT2D eigenvalue weighted by Crippen LogP contribution is -2.49. The van der Waals surface area contributed by atoms with Crippen molar-refractivity contribution < 1.29 is 19.1 Å². The van der Waals surface area contributed by atoms with E-state index in [2.05, 4.69) is 5.32 Å². The van der Waals surface area contributed by atoms with E-state index in [0.29, 0.717) is 44.7 Å². The highest BCUT2D eigenvalue weighted by Crippen LogP contribution is 2.31. The first-order chi connectivity index (χ1) is 13.7. The van der Waals surface area contributed by atoms with Gasteiger partial charge in [0.2, 0.25) is 5.91 Å². The van der Waals surface area contributed by atoms with Gasteiger partial charge >= 0.3 is 0 Å². The first-order valence-corrected chi connectivity index (χ1v) is 9.65. The summed E-state index contributed by atoms with van der Waals surface area (Å²) in [6, 6.07) is 17.4. The maximum Gasteiger partial charge on any atom is 0.251 e. The van der Waals surface area contributed by atoms with Gasteiger partial charge in [-0.05, 0) is 23.3 Å². The average molecular weight is 380 g/mol. The summed E-state index contributed by atoms with van der Waals surface area (Å²) in [6.07, 6.45) is 1.35. The molecule has 2 aliphatic rings. The van der Waals surface area contributed by atoms with Gasteiger partial charge in [0.1, 0.15) is 0 Å². The van der Waals surface area contributed by atoms with E-state index >= 15 is 0 Å². The predicted molar refractivity (Wildman–Crippen MR) is 105 cm³/mol. The van der Waals surface area contributed by atoms with Crippen LogP contribution >= 0.6 is 0 Å². The molecule has 146 valence electrons. The summed E-state index contributed by atoms with van der Waals surface area (Å²) in [7, 11) is 0. The van der Waals surface area contributed by atoms with Gasteiger partial charge in [0, 0.05) is 31.5 Å². The van der Waals surface area contributed by atoms with Gasteiger partial charge in [-0.1, -0.05) is 42.5 Å². The summed E-state index contributed by atoms with van der Waals surface area (Å²) in [5, 5.41) is 2.72. The Morgan fingerprint density at radius 2 is 1.50 bits per heavy atom. The zero-order chi connectivity index (χ0) is 19.4. The molecule has 0 saturated carbocycles. The van der Waals surface area contributed by atoms with E-state index in [1.54, 1.807) is 17.0 Å². The van der Waals surface area contributed by atoms with Gasteiger partial charge in [-0.3, -0.25) is 9.59 Å². The molecule has 6 nitrogen and oxygen atoms in total. The lowest BCUT2D eigenvalue weighted by Gasteiger charge is -2.37. The van der Waals surface area contributed by atoms with Crippen LogP contribution in [0.15, 0.2) is 54.6 Å². The maximum atomic E-state index is 12.4. The lowest BCUT2D eigenvalue weighted by atomic mass is 10.0. The van der Waals surface area contributed by atoms with Crippen molar-refractivity contribution in [2.75, 3.05) is 32.8 Å². The lowest BCUT2D eigenvalue weighted by molar-refractivity contribution is -0.187. The van der Waals surface area contributed by atoms with E-state index in [9.17, 15) is 9.59 Å². The van der Waals surface area contributed by atoms with Gasteiger partial charge in [0.15, 0.2) is 5.79 Å². The number of amides is 2. The Labute approximate surface area is 164 Å². The fourth-order valence-electron chi connectivity index (χ4n) is 3.70. The van der Waals surface area contributed by atoms with Crippen molar-refractivity contribution in [3.63, 3.8) is 0 Å². The van der Waals surface area contributed by atoms with Crippen LogP contribution in [0.4, 0.5) is 0 Å². The molecule has 0 unspecified atom stereocenters. The number of carbonyl (C=O) groups is 2. The van der Waals surface area contributed by atoms with E-state index in [1.165, 1.54) is 0 Å². The minimum absolute atomic E-state index is 0.00597. The topological polar surface area (TPSA) is 67.9 Å². The molecule has 0 radical (unpaired) electrons. The van der Waals surface area contributed by atoms with Gasteiger partial charge in [0.25, 0.3) is 5.91 Å². The number of hydrogen-bond acceptors (Lipinski definition) is 4. The number of piperidine rings is 1. The number of likely N-dealkylation sites (tertiary alicyclic amines) is 1. The van der Waals surface area contributed by atoms with Crippen LogP contribution in [0.5, 0.6) is 0 Å². The van der Waals surface area contributed by atoms with Gasteiger partial charge in [-0.15, -0.1) is 0 Å². The van der Waals surface area contributed by atoms with Crippen molar-refractivity contribution in [3.8, 4) is 11.1 Å². The molecule has 2 aliphatic heterocycles. The molecule has 1 N–H and O–H groups in total. The van der Waals surface area contributed by atoms with Crippen LogP contribution in [0.25, 0.3) is 11.1 Å². The molecule has 6 heteroatoms. The molecule has 2 fully saturated rings. The summed E-state index contributed by atoms with van der Waals surface area (Å²) in [5.74, 6) is -0.827. The highest BCUT2D eigenvalue weighted by molar-refractivity contribution is 5.96. The van der Waals surface area contributed by atoms with Crippen LogP contribution in [-0.2, 0) is 14.3 Å². The largest absolute Gasteiger partial charge is 0.347 e. The van der Waals surface area contributed by atoms with Crippen LogP contribution in [-0.4, -0.2) is 55.3 Å². The summed E-state index contributed by atoms with van der Waals surface area (Å²) in [6.45, 7) is 2.40. The Kier molecular flexibility index (Phi) is 5.41. The fraction of sp³-hybridized carbons (Fsp3) is 0.364. The second kappa shape index (κ2) is 8.12. The number of hydrogen-bond donors (Lipinski definition) is 1. The monoisotopic (exact) mass is 380 g/mol. The third-order valence-electron chi connectivity index (χ3n) is 5.35. The van der Waals surface area contributed by atoms with Crippen molar-refractivity contribution in [2.24, 2.45) is 0 Å².